The van der Waals surface area contributed by atoms with Crippen molar-refractivity contribution in [2.24, 2.45) is 0 Å². The number of rotatable bonds is 6. The summed E-state index contributed by atoms with van der Waals surface area (Å²) in [4.78, 5) is 22.0. The van der Waals surface area contributed by atoms with Crippen LogP contribution < -0.4 is 15.4 Å². The van der Waals surface area contributed by atoms with Crippen LogP contribution in [-0.2, 0) is 14.8 Å². The summed E-state index contributed by atoms with van der Waals surface area (Å²) in [5.41, 5.74) is -1.16. The van der Waals surface area contributed by atoms with Gasteiger partial charge in [0.2, 0.25) is 10.0 Å². The first-order valence-electron chi connectivity index (χ1n) is 5.02. The van der Waals surface area contributed by atoms with Crippen molar-refractivity contribution in [3.63, 3.8) is 0 Å². The molecule has 0 aromatic heterocycles. The number of aliphatic carboxylic acids is 1. The molecule has 0 unspecified atom stereocenters. The molecule has 1 rings (SSSR count). The first-order chi connectivity index (χ1) is 7.81. The van der Waals surface area contributed by atoms with E-state index in [-0.39, 0.29) is 12.3 Å². The molecule has 98 valence electrons. The average molecular weight is 265 g/mol. The summed E-state index contributed by atoms with van der Waals surface area (Å²) in [6.07, 6.45) is 0.787. The normalized spacial score (nSPS) is 17.2. The van der Waals surface area contributed by atoms with Crippen LogP contribution in [0, 0.1) is 0 Å². The Kier molecular flexibility index (Phi) is 3.94. The maximum Gasteiger partial charge on any atom is 0.329 e. The average Bonchev–Trinajstić information content (AvgIpc) is 2.98. The molecule has 0 aromatic carbocycles. The second kappa shape index (κ2) is 4.88. The van der Waals surface area contributed by atoms with Gasteiger partial charge in [-0.1, -0.05) is 0 Å². The van der Waals surface area contributed by atoms with Crippen LogP contribution in [0.25, 0.3) is 0 Å². The SMILES string of the molecule is CNS(=O)(=O)CCNC(=O)NC1(C(=O)O)CC1. The maximum absolute atomic E-state index is 11.3. The highest BCUT2D eigenvalue weighted by Crippen LogP contribution is 2.35. The monoisotopic (exact) mass is 265 g/mol. The zero-order valence-corrected chi connectivity index (χ0v) is 10.1. The highest BCUT2D eigenvalue weighted by Gasteiger charge is 2.51. The largest absolute Gasteiger partial charge is 0.480 e. The molecule has 8 nitrogen and oxygen atoms in total. The van der Waals surface area contributed by atoms with Crippen molar-refractivity contribution in [1.29, 1.82) is 0 Å². The summed E-state index contributed by atoms with van der Waals surface area (Å²) in [6, 6.07) is -0.670. The van der Waals surface area contributed by atoms with Gasteiger partial charge in [0.15, 0.2) is 0 Å². The third-order valence-corrected chi connectivity index (χ3v) is 3.84. The molecule has 17 heavy (non-hydrogen) atoms. The molecular weight excluding hydrogens is 250 g/mol. The number of carbonyl (C=O) groups excluding carboxylic acids is 1. The topological polar surface area (TPSA) is 125 Å². The highest BCUT2D eigenvalue weighted by molar-refractivity contribution is 7.89. The van der Waals surface area contributed by atoms with Crippen molar-refractivity contribution in [3.8, 4) is 0 Å². The first-order valence-corrected chi connectivity index (χ1v) is 6.67. The molecule has 1 fully saturated rings. The van der Waals surface area contributed by atoms with E-state index in [2.05, 4.69) is 15.4 Å². The van der Waals surface area contributed by atoms with E-state index in [9.17, 15) is 18.0 Å². The third-order valence-electron chi connectivity index (χ3n) is 2.48. The molecule has 0 atom stereocenters. The fourth-order valence-electron chi connectivity index (χ4n) is 1.18. The van der Waals surface area contributed by atoms with E-state index in [1.807, 2.05) is 0 Å². The van der Waals surface area contributed by atoms with Gasteiger partial charge in [0.25, 0.3) is 0 Å². The molecule has 0 radical (unpaired) electrons. The molecule has 0 heterocycles. The molecular formula is C8H15N3O5S. The van der Waals surface area contributed by atoms with E-state index in [4.69, 9.17) is 5.11 Å². The minimum Gasteiger partial charge on any atom is -0.480 e. The number of hydrogen-bond donors (Lipinski definition) is 4. The summed E-state index contributed by atoms with van der Waals surface area (Å²) < 4.78 is 24.1. The van der Waals surface area contributed by atoms with Gasteiger partial charge in [0.05, 0.1) is 5.75 Å². The van der Waals surface area contributed by atoms with Gasteiger partial charge in [-0.25, -0.2) is 22.7 Å². The minimum absolute atomic E-state index is 0.0787. The Labute approximate surface area is 98.8 Å². The van der Waals surface area contributed by atoms with Crippen molar-refractivity contribution >= 4 is 22.0 Å². The van der Waals surface area contributed by atoms with Gasteiger partial charge in [-0.2, -0.15) is 0 Å². The van der Waals surface area contributed by atoms with Crippen molar-refractivity contribution in [1.82, 2.24) is 15.4 Å². The predicted molar refractivity (Wildman–Crippen MR) is 59.0 cm³/mol. The lowest BCUT2D eigenvalue weighted by atomic mass is 10.3. The van der Waals surface area contributed by atoms with Crippen LogP contribution >= 0.6 is 0 Å². The minimum atomic E-state index is -3.37. The van der Waals surface area contributed by atoms with Gasteiger partial charge in [-0.05, 0) is 19.9 Å². The number of sulfonamides is 1. The molecule has 0 bridgehead atoms. The van der Waals surface area contributed by atoms with Gasteiger partial charge < -0.3 is 15.7 Å². The summed E-state index contributed by atoms with van der Waals surface area (Å²) in [5.74, 6) is -1.33. The molecule has 2 amide bonds. The summed E-state index contributed by atoms with van der Waals surface area (Å²) >= 11 is 0. The molecule has 1 aliphatic carbocycles. The Bertz CT molecular complexity index is 415. The Morgan fingerprint density at radius 2 is 1.94 bits per heavy atom. The van der Waals surface area contributed by atoms with Crippen LogP contribution in [0.15, 0.2) is 0 Å². The summed E-state index contributed by atoms with van der Waals surface area (Å²) in [7, 11) is -2.09. The van der Waals surface area contributed by atoms with Gasteiger partial charge in [0.1, 0.15) is 5.54 Å². The van der Waals surface area contributed by atoms with E-state index in [1.54, 1.807) is 0 Å². The predicted octanol–water partition coefficient (Wildman–Crippen LogP) is -1.55. The number of carboxylic acid groups (broad SMARTS) is 1. The molecule has 0 saturated heterocycles. The van der Waals surface area contributed by atoms with Crippen LogP contribution in [0.3, 0.4) is 0 Å². The van der Waals surface area contributed by atoms with E-state index in [0.29, 0.717) is 12.8 Å². The van der Waals surface area contributed by atoms with Crippen LogP contribution in [0.5, 0.6) is 0 Å². The van der Waals surface area contributed by atoms with E-state index in [1.165, 1.54) is 7.05 Å². The van der Waals surface area contributed by atoms with Crippen LogP contribution in [0.4, 0.5) is 4.79 Å². The Morgan fingerprint density at radius 3 is 2.35 bits per heavy atom. The third kappa shape index (κ3) is 3.86. The number of hydrogen-bond acceptors (Lipinski definition) is 4. The zero-order chi connectivity index (χ0) is 13.1. The standard InChI is InChI=1S/C8H15N3O5S/c1-9-17(15,16)5-4-10-7(14)11-8(2-3-8)6(12)13/h9H,2-5H2,1H3,(H,12,13)(H2,10,11,14). The van der Waals surface area contributed by atoms with Gasteiger partial charge >= 0.3 is 12.0 Å². The van der Waals surface area contributed by atoms with Crippen molar-refractivity contribution in [2.45, 2.75) is 18.4 Å². The van der Waals surface area contributed by atoms with E-state index < -0.39 is 27.6 Å². The van der Waals surface area contributed by atoms with Crippen LogP contribution in [-0.4, -0.2) is 50.4 Å². The number of carboxylic acids is 1. The van der Waals surface area contributed by atoms with E-state index >= 15 is 0 Å². The van der Waals surface area contributed by atoms with Gasteiger partial charge in [-0.3, -0.25) is 0 Å². The van der Waals surface area contributed by atoms with Gasteiger partial charge in [-0.15, -0.1) is 0 Å². The van der Waals surface area contributed by atoms with Crippen molar-refractivity contribution in [3.05, 3.63) is 0 Å². The fraction of sp³-hybridized carbons (Fsp3) is 0.750. The highest BCUT2D eigenvalue weighted by atomic mass is 32.2. The summed E-state index contributed by atoms with van der Waals surface area (Å²) in [6.45, 7) is -0.0787. The Morgan fingerprint density at radius 1 is 1.35 bits per heavy atom. The summed E-state index contributed by atoms with van der Waals surface area (Å²) in [5, 5.41) is 13.4. The second-order valence-electron chi connectivity index (χ2n) is 3.79. The number of nitrogens with one attached hydrogen (secondary N) is 3. The molecule has 4 N–H and O–H groups in total. The molecule has 0 aliphatic heterocycles. The number of urea groups is 1. The molecule has 0 spiro atoms. The quantitative estimate of drug-likeness (QED) is 0.463. The number of carbonyl (C=O) groups is 2. The molecule has 0 aromatic rings. The zero-order valence-electron chi connectivity index (χ0n) is 9.32. The number of amides is 2. The lowest BCUT2D eigenvalue weighted by Gasteiger charge is -2.13. The first kappa shape index (κ1) is 13.7. The van der Waals surface area contributed by atoms with Crippen molar-refractivity contribution in [2.75, 3.05) is 19.3 Å². The van der Waals surface area contributed by atoms with Gasteiger partial charge in [0, 0.05) is 6.54 Å². The Hall–Kier alpha value is -1.35. The maximum atomic E-state index is 11.3. The van der Waals surface area contributed by atoms with E-state index in [0.717, 1.165) is 0 Å². The van der Waals surface area contributed by atoms with Crippen LogP contribution in [0.1, 0.15) is 12.8 Å². The lowest BCUT2D eigenvalue weighted by molar-refractivity contribution is -0.140. The smallest absolute Gasteiger partial charge is 0.329 e. The van der Waals surface area contributed by atoms with Crippen molar-refractivity contribution < 1.29 is 23.1 Å². The lowest BCUT2D eigenvalue weighted by Crippen LogP contribution is -2.48. The molecule has 1 aliphatic rings. The Balaban J connectivity index is 2.30. The fourth-order valence-corrected chi connectivity index (χ4v) is 1.75. The molecule has 9 heteroatoms. The van der Waals surface area contributed by atoms with Crippen LogP contribution in [0.2, 0.25) is 0 Å². The molecule has 1 saturated carbocycles. The second-order valence-corrected chi connectivity index (χ2v) is 5.84.